The first-order valence-corrected chi connectivity index (χ1v) is 9.39. The summed E-state index contributed by atoms with van der Waals surface area (Å²) < 4.78 is 7.23. The van der Waals surface area contributed by atoms with Crippen molar-refractivity contribution in [1.29, 1.82) is 0 Å². The molecule has 0 spiro atoms. The van der Waals surface area contributed by atoms with E-state index < -0.39 is 0 Å². The molecule has 1 saturated heterocycles. The normalized spacial score (nSPS) is 15.7. The summed E-state index contributed by atoms with van der Waals surface area (Å²) in [5.41, 5.74) is 3.17. The maximum absolute atomic E-state index is 5.37. The molecular formula is C19H29N7O. The van der Waals surface area contributed by atoms with Crippen molar-refractivity contribution in [2.45, 2.75) is 20.4 Å². The summed E-state index contributed by atoms with van der Waals surface area (Å²) in [6.07, 6.45) is 1.87. The van der Waals surface area contributed by atoms with Crippen LogP contribution in [0.4, 0.5) is 0 Å². The van der Waals surface area contributed by atoms with E-state index in [4.69, 9.17) is 4.74 Å². The van der Waals surface area contributed by atoms with Crippen LogP contribution in [0.1, 0.15) is 17.0 Å². The molecule has 8 heteroatoms. The van der Waals surface area contributed by atoms with Gasteiger partial charge in [-0.1, -0.05) is 6.07 Å². The molecule has 2 aromatic rings. The van der Waals surface area contributed by atoms with Crippen LogP contribution in [0.15, 0.2) is 29.4 Å². The van der Waals surface area contributed by atoms with Crippen LogP contribution in [0, 0.1) is 13.8 Å². The van der Waals surface area contributed by atoms with E-state index in [0.717, 1.165) is 68.1 Å². The first-order valence-electron chi connectivity index (χ1n) is 9.39. The van der Waals surface area contributed by atoms with Gasteiger partial charge < -0.3 is 15.4 Å². The number of aromatic nitrogens is 3. The first-order chi connectivity index (χ1) is 13.2. The van der Waals surface area contributed by atoms with Crippen molar-refractivity contribution in [2.75, 3.05) is 46.4 Å². The SMILES string of the molecule is CN=C(NCCN1CCOCC1)NCc1ccc(-n2nc(C)cc2C)nc1. The maximum atomic E-state index is 5.37. The Labute approximate surface area is 160 Å². The van der Waals surface area contributed by atoms with Gasteiger partial charge in [-0.15, -0.1) is 0 Å². The minimum Gasteiger partial charge on any atom is -0.379 e. The van der Waals surface area contributed by atoms with Gasteiger partial charge in [-0.25, -0.2) is 9.67 Å². The van der Waals surface area contributed by atoms with Crippen molar-refractivity contribution in [3.63, 3.8) is 0 Å². The largest absolute Gasteiger partial charge is 0.379 e. The Morgan fingerprint density at radius 3 is 2.67 bits per heavy atom. The number of guanidine groups is 1. The first kappa shape index (κ1) is 19.3. The van der Waals surface area contributed by atoms with Crippen LogP contribution in [-0.2, 0) is 11.3 Å². The van der Waals surface area contributed by atoms with Gasteiger partial charge in [0.05, 0.1) is 18.9 Å². The van der Waals surface area contributed by atoms with E-state index in [1.54, 1.807) is 7.05 Å². The minimum atomic E-state index is 0.668. The van der Waals surface area contributed by atoms with Crippen molar-refractivity contribution in [1.82, 2.24) is 30.3 Å². The van der Waals surface area contributed by atoms with Crippen LogP contribution in [-0.4, -0.2) is 72.1 Å². The molecule has 1 fully saturated rings. The average molecular weight is 371 g/mol. The van der Waals surface area contributed by atoms with Crippen LogP contribution in [0.5, 0.6) is 0 Å². The molecule has 1 aliphatic heterocycles. The molecule has 3 rings (SSSR count). The summed E-state index contributed by atoms with van der Waals surface area (Å²) in [7, 11) is 1.79. The Kier molecular flexibility index (Phi) is 6.78. The highest BCUT2D eigenvalue weighted by Gasteiger charge is 2.10. The van der Waals surface area contributed by atoms with E-state index in [9.17, 15) is 0 Å². The number of nitrogens with one attached hydrogen (secondary N) is 2. The molecule has 27 heavy (non-hydrogen) atoms. The highest BCUT2D eigenvalue weighted by Crippen LogP contribution is 2.10. The second-order valence-electron chi connectivity index (χ2n) is 6.67. The molecule has 0 aliphatic carbocycles. The summed E-state index contributed by atoms with van der Waals surface area (Å²) in [6.45, 7) is 10.2. The van der Waals surface area contributed by atoms with E-state index in [2.05, 4.69) is 36.7 Å². The lowest BCUT2D eigenvalue weighted by Gasteiger charge is -2.26. The van der Waals surface area contributed by atoms with E-state index in [1.165, 1.54) is 0 Å². The summed E-state index contributed by atoms with van der Waals surface area (Å²) in [5, 5.41) is 11.2. The van der Waals surface area contributed by atoms with Crippen LogP contribution in [0.3, 0.4) is 0 Å². The molecule has 0 saturated carbocycles. The van der Waals surface area contributed by atoms with Gasteiger partial charge >= 0.3 is 0 Å². The van der Waals surface area contributed by atoms with Gasteiger partial charge in [0.15, 0.2) is 11.8 Å². The third kappa shape index (κ3) is 5.51. The Bertz CT molecular complexity index is 748. The van der Waals surface area contributed by atoms with Crippen molar-refractivity contribution >= 4 is 5.96 Å². The Hall–Kier alpha value is -2.45. The number of hydrogen-bond acceptors (Lipinski definition) is 5. The lowest BCUT2D eigenvalue weighted by molar-refractivity contribution is 0.0389. The highest BCUT2D eigenvalue weighted by atomic mass is 16.5. The van der Waals surface area contributed by atoms with Crippen LogP contribution in [0.25, 0.3) is 5.82 Å². The lowest BCUT2D eigenvalue weighted by atomic mass is 10.3. The zero-order valence-corrected chi connectivity index (χ0v) is 16.4. The Balaban J connectivity index is 1.46. The van der Waals surface area contributed by atoms with Gasteiger partial charge in [-0.2, -0.15) is 5.10 Å². The predicted molar refractivity (Wildman–Crippen MR) is 106 cm³/mol. The Morgan fingerprint density at radius 1 is 1.22 bits per heavy atom. The molecule has 0 radical (unpaired) electrons. The minimum absolute atomic E-state index is 0.668. The number of aliphatic imine (C=N–C) groups is 1. The number of nitrogens with zero attached hydrogens (tertiary/aromatic N) is 5. The molecular weight excluding hydrogens is 342 g/mol. The van der Waals surface area contributed by atoms with Crippen LogP contribution < -0.4 is 10.6 Å². The fourth-order valence-electron chi connectivity index (χ4n) is 3.07. The second-order valence-corrected chi connectivity index (χ2v) is 6.67. The Morgan fingerprint density at radius 2 is 2.04 bits per heavy atom. The molecule has 0 amide bonds. The molecule has 2 N–H and O–H groups in total. The highest BCUT2D eigenvalue weighted by molar-refractivity contribution is 5.79. The van der Waals surface area contributed by atoms with Gasteiger partial charge in [0.25, 0.3) is 0 Å². The quantitative estimate of drug-likeness (QED) is 0.580. The third-order valence-corrected chi connectivity index (χ3v) is 4.54. The van der Waals surface area contributed by atoms with Gasteiger partial charge in [-0.3, -0.25) is 9.89 Å². The predicted octanol–water partition coefficient (Wildman–Crippen LogP) is 0.881. The van der Waals surface area contributed by atoms with Crippen LogP contribution in [0.2, 0.25) is 0 Å². The second kappa shape index (κ2) is 9.48. The molecule has 146 valence electrons. The smallest absolute Gasteiger partial charge is 0.191 e. The number of rotatable bonds is 6. The van der Waals surface area contributed by atoms with Gasteiger partial charge in [-0.05, 0) is 31.5 Å². The van der Waals surface area contributed by atoms with Crippen molar-refractivity contribution in [2.24, 2.45) is 4.99 Å². The van der Waals surface area contributed by atoms with Gasteiger partial charge in [0, 0.05) is 51.7 Å². The number of morpholine rings is 1. The number of pyridine rings is 1. The molecule has 2 aromatic heterocycles. The summed E-state index contributed by atoms with van der Waals surface area (Å²) >= 11 is 0. The zero-order valence-electron chi connectivity index (χ0n) is 16.4. The molecule has 0 aromatic carbocycles. The topological polar surface area (TPSA) is 79.6 Å². The van der Waals surface area contributed by atoms with Gasteiger partial charge in [0.2, 0.25) is 0 Å². The van der Waals surface area contributed by atoms with E-state index in [0.29, 0.717) is 6.54 Å². The zero-order chi connectivity index (χ0) is 19.1. The van der Waals surface area contributed by atoms with Crippen molar-refractivity contribution in [3.05, 3.63) is 41.3 Å². The average Bonchev–Trinajstić information content (AvgIpc) is 3.04. The fraction of sp³-hybridized carbons (Fsp3) is 0.526. The molecule has 0 bridgehead atoms. The summed E-state index contributed by atoms with van der Waals surface area (Å²) in [5.74, 6) is 1.63. The summed E-state index contributed by atoms with van der Waals surface area (Å²) in [6, 6.07) is 6.10. The number of aryl methyl sites for hydroxylation is 2. The van der Waals surface area contributed by atoms with Gasteiger partial charge in [0.1, 0.15) is 0 Å². The van der Waals surface area contributed by atoms with E-state index in [-0.39, 0.29) is 0 Å². The fourth-order valence-corrected chi connectivity index (χ4v) is 3.07. The van der Waals surface area contributed by atoms with Crippen molar-refractivity contribution in [3.8, 4) is 5.82 Å². The number of hydrogen-bond donors (Lipinski definition) is 2. The van der Waals surface area contributed by atoms with Crippen LogP contribution >= 0.6 is 0 Å². The van der Waals surface area contributed by atoms with Crippen molar-refractivity contribution < 1.29 is 4.74 Å². The molecule has 1 aliphatic rings. The maximum Gasteiger partial charge on any atom is 0.191 e. The standard InChI is InChI=1S/C19H29N7O/c1-15-12-16(2)26(24-15)18-5-4-17(13-22-18)14-23-19(20-3)21-6-7-25-8-10-27-11-9-25/h4-5,12-13H,6-11,14H2,1-3H3,(H2,20,21,23). The molecule has 0 unspecified atom stereocenters. The lowest BCUT2D eigenvalue weighted by Crippen LogP contribution is -2.44. The molecule has 3 heterocycles. The molecule has 0 atom stereocenters. The summed E-state index contributed by atoms with van der Waals surface area (Å²) in [4.78, 5) is 11.2. The number of ether oxygens (including phenoxy) is 1. The van der Waals surface area contributed by atoms with E-state index >= 15 is 0 Å². The third-order valence-electron chi connectivity index (χ3n) is 4.54. The monoisotopic (exact) mass is 371 g/mol. The van der Waals surface area contributed by atoms with E-state index in [1.807, 2.05) is 36.9 Å². The molecule has 8 nitrogen and oxygen atoms in total.